The first-order valence-electron chi connectivity index (χ1n) is 8.21. The van der Waals surface area contributed by atoms with Crippen LogP contribution in [0.5, 0.6) is 0 Å². The summed E-state index contributed by atoms with van der Waals surface area (Å²) in [6.45, 7) is 0.723. The highest BCUT2D eigenvalue weighted by Gasteiger charge is 2.35. The van der Waals surface area contributed by atoms with Crippen LogP contribution in [-0.2, 0) is 17.5 Å². The number of likely N-dealkylation sites (tertiary alicyclic amines) is 1. The maximum absolute atomic E-state index is 12.9. The van der Waals surface area contributed by atoms with Gasteiger partial charge in [-0.25, -0.2) is 0 Å². The Morgan fingerprint density at radius 3 is 2.81 bits per heavy atom. The molecule has 3 aromatic rings. The minimum Gasteiger partial charge on any atom is -0.467 e. The van der Waals surface area contributed by atoms with E-state index < -0.39 is 11.7 Å². The van der Waals surface area contributed by atoms with Gasteiger partial charge in [0, 0.05) is 18.5 Å². The average Bonchev–Trinajstić information content (AvgIpc) is 3.37. The molecule has 3 heterocycles. The van der Waals surface area contributed by atoms with Gasteiger partial charge >= 0.3 is 6.18 Å². The molecule has 2 aromatic heterocycles. The molecule has 0 N–H and O–H groups in total. The fraction of sp³-hybridized carbons (Fsp3) is 0.278. The number of nitrogens with zero attached hydrogens (tertiary/aromatic N) is 3. The Bertz CT molecular complexity index is 950. The smallest absolute Gasteiger partial charge is 0.416 e. The summed E-state index contributed by atoms with van der Waals surface area (Å²) < 4.78 is 49.0. The lowest BCUT2D eigenvalue weighted by atomic mass is 10.1. The summed E-state index contributed by atoms with van der Waals surface area (Å²) in [6.07, 6.45) is -2.72. The zero-order valence-corrected chi connectivity index (χ0v) is 13.9. The number of aromatic nitrogens is 2. The van der Waals surface area contributed by atoms with Crippen molar-refractivity contribution < 1.29 is 26.9 Å². The number of furan rings is 1. The van der Waals surface area contributed by atoms with Crippen LogP contribution in [0.1, 0.15) is 29.6 Å². The van der Waals surface area contributed by atoms with Gasteiger partial charge in [0.15, 0.2) is 0 Å². The lowest BCUT2D eigenvalue weighted by Gasteiger charge is -2.13. The maximum Gasteiger partial charge on any atom is 0.416 e. The van der Waals surface area contributed by atoms with Crippen LogP contribution in [0.3, 0.4) is 0 Å². The molecular weight excluding hydrogens is 363 g/mol. The number of halogens is 3. The van der Waals surface area contributed by atoms with E-state index in [1.54, 1.807) is 17.0 Å². The molecule has 1 unspecified atom stereocenters. The molecular formula is C18H14F3N3O3. The third-order valence-electron chi connectivity index (χ3n) is 4.38. The summed E-state index contributed by atoms with van der Waals surface area (Å²) >= 11 is 0. The number of carbonyl (C=O) groups excluding carboxylic acids is 1. The predicted molar refractivity (Wildman–Crippen MR) is 86.2 cm³/mol. The van der Waals surface area contributed by atoms with Crippen LogP contribution in [0, 0.1) is 0 Å². The van der Waals surface area contributed by atoms with Crippen LogP contribution in [0.15, 0.2) is 51.6 Å². The summed E-state index contributed by atoms with van der Waals surface area (Å²) in [5, 5.41) is 3.78. The maximum atomic E-state index is 12.9. The van der Waals surface area contributed by atoms with Crippen molar-refractivity contribution >= 4 is 5.91 Å². The number of rotatable bonds is 4. The summed E-state index contributed by atoms with van der Waals surface area (Å²) in [5.41, 5.74) is -0.580. The molecule has 1 saturated heterocycles. The number of alkyl halides is 3. The fourth-order valence-electron chi connectivity index (χ4n) is 3.03. The molecule has 4 rings (SSSR count). The van der Waals surface area contributed by atoms with E-state index >= 15 is 0 Å². The summed E-state index contributed by atoms with van der Waals surface area (Å²) in [6, 6.07) is 8.24. The fourth-order valence-corrected chi connectivity index (χ4v) is 3.03. The second kappa shape index (κ2) is 6.57. The summed E-state index contributed by atoms with van der Waals surface area (Å²) in [4.78, 5) is 18.0. The van der Waals surface area contributed by atoms with Crippen LogP contribution in [0.4, 0.5) is 13.2 Å². The van der Waals surface area contributed by atoms with Crippen LogP contribution >= 0.6 is 0 Å². The quantitative estimate of drug-likeness (QED) is 0.690. The first-order valence-corrected chi connectivity index (χ1v) is 8.21. The monoisotopic (exact) mass is 377 g/mol. The third-order valence-corrected chi connectivity index (χ3v) is 4.38. The van der Waals surface area contributed by atoms with E-state index in [1.165, 1.54) is 18.4 Å². The van der Waals surface area contributed by atoms with Crippen molar-refractivity contribution in [2.75, 3.05) is 6.54 Å². The SMILES string of the molecule is O=C1CC(c2nc(-c3cccc(C(F)(F)F)c3)no2)CN1Cc1ccco1. The van der Waals surface area contributed by atoms with Crippen molar-refractivity contribution in [2.45, 2.75) is 25.1 Å². The molecule has 9 heteroatoms. The van der Waals surface area contributed by atoms with E-state index in [2.05, 4.69) is 10.1 Å². The molecule has 1 fully saturated rings. The first kappa shape index (κ1) is 17.3. The van der Waals surface area contributed by atoms with Crippen LogP contribution < -0.4 is 0 Å². The molecule has 1 amide bonds. The Balaban J connectivity index is 1.51. The lowest BCUT2D eigenvalue weighted by Crippen LogP contribution is -2.24. The average molecular weight is 377 g/mol. The highest BCUT2D eigenvalue weighted by Crippen LogP contribution is 2.33. The summed E-state index contributed by atoms with van der Waals surface area (Å²) in [5.74, 6) is 0.583. The van der Waals surface area contributed by atoms with Crippen LogP contribution in [-0.4, -0.2) is 27.5 Å². The topological polar surface area (TPSA) is 72.4 Å². The van der Waals surface area contributed by atoms with Crippen LogP contribution in [0.25, 0.3) is 11.4 Å². The Labute approximate surface area is 151 Å². The van der Waals surface area contributed by atoms with Crippen molar-refractivity contribution in [3.63, 3.8) is 0 Å². The van der Waals surface area contributed by atoms with E-state index in [1.807, 2.05) is 0 Å². The predicted octanol–water partition coefficient (Wildman–Crippen LogP) is 3.86. The largest absolute Gasteiger partial charge is 0.467 e. The van der Waals surface area contributed by atoms with Gasteiger partial charge in [-0.1, -0.05) is 17.3 Å². The number of carbonyl (C=O) groups is 1. The molecule has 0 saturated carbocycles. The number of hydrogen-bond donors (Lipinski definition) is 0. The highest BCUT2D eigenvalue weighted by molar-refractivity contribution is 5.79. The Morgan fingerprint density at radius 2 is 2.07 bits per heavy atom. The van der Waals surface area contributed by atoms with Crippen molar-refractivity contribution in [2.24, 2.45) is 0 Å². The van der Waals surface area contributed by atoms with Gasteiger partial charge in [0.2, 0.25) is 17.6 Å². The molecule has 0 aliphatic carbocycles. The third kappa shape index (κ3) is 3.57. The Kier molecular flexibility index (Phi) is 4.21. The van der Waals surface area contributed by atoms with Gasteiger partial charge in [-0.3, -0.25) is 4.79 Å². The Hall–Kier alpha value is -3.10. The van der Waals surface area contributed by atoms with Gasteiger partial charge in [-0.05, 0) is 24.3 Å². The molecule has 0 radical (unpaired) electrons. The van der Waals surface area contributed by atoms with E-state index in [-0.39, 0.29) is 35.5 Å². The second-order valence-electron chi connectivity index (χ2n) is 6.29. The van der Waals surface area contributed by atoms with Crippen molar-refractivity contribution in [1.29, 1.82) is 0 Å². The van der Waals surface area contributed by atoms with Crippen LogP contribution in [0.2, 0.25) is 0 Å². The van der Waals surface area contributed by atoms with E-state index in [0.717, 1.165) is 12.1 Å². The minimum absolute atomic E-state index is 0.0630. The van der Waals surface area contributed by atoms with Gasteiger partial charge in [-0.15, -0.1) is 0 Å². The van der Waals surface area contributed by atoms with Gasteiger partial charge in [0.1, 0.15) is 5.76 Å². The molecule has 1 aromatic carbocycles. The van der Waals surface area contributed by atoms with Gasteiger partial charge in [0.05, 0.1) is 24.3 Å². The Morgan fingerprint density at radius 1 is 1.22 bits per heavy atom. The highest BCUT2D eigenvalue weighted by atomic mass is 19.4. The molecule has 1 atom stereocenters. The molecule has 0 bridgehead atoms. The molecule has 27 heavy (non-hydrogen) atoms. The minimum atomic E-state index is -4.45. The zero-order chi connectivity index (χ0) is 19.0. The van der Waals surface area contributed by atoms with E-state index in [0.29, 0.717) is 18.8 Å². The number of hydrogen-bond acceptors (Lipinski definition) is 5. The molecule has 140 valence electrons. The molecule has 1 aliphatic rings. The lowest BCUT2D eigenvalue weighted by molar-refractivity contribution is -0.137. The van der Waals surface area contributed by atoms with E-state index in [9.17, 15) is 18.0 Å². The van der Waals surface area contributed by atoms with Crippen molar-refractivity contribution in [3.05, 3.63) is 59.9 Å². The normalized spacial score (nSPS) is 17.7. The standard InChI is InChI=1S/C18H14F3N3O3/c19-18(20,21)13-4-1-3-11(7-13)16-22-17(27-23-16)12-8-15(25)24(9-12)10-14-5-2-6-26-14/h1-7,12H,8-10H2. The van der Waals surface area contributed by atoms with Gasteiger partial charge in [-0.2, -0.15) is 18.2 Å². The second-order valence-corrected chi connectivity index (χ2v) is 6.29. The van der Waals surface area contributed by atoms with E-state index in [4.69, 9.17) is 8.94 Å². The van der Waals surface area contributed by atoms with Gasteiger partial charge in [0.25, 0.3) is 0 Å². The molecule has 6 nitrogen and oxygen atoms in total. The zero-order valence-electron chi connectivity index (χ0n) is 13.9. The van der Waals surface area contributed by atoms with Gasteiger partial charge < -0.3 is 13.8 Å². The van der Waals surface area contributed by atoms with Crippen molar-refractivity contribution in [3.8, 4) is 11.4 Å². The van der Waals surface area contributed by atoms with Crippen molar-refractivity contribution in [1.82, 2.24) is 15.0 Å². The molecule has 0 spiro atoms. The first-order chi connectivity index (χ1) is 12.9. The summed E-state index contributed by atoms with van der Waals surface area (Å²) in [7, 11) is 0. The molecule has 1 aliphatic heterocycles. The number of amides is 1. The number of benzene rings is 1.